The van der Waals surface area contributed by atoms with E-state index in [1.807, 2.05) is 42.5 Å². The van der Waals surface area contributed by atoms with Crippen LogP contribution in [-0.2, 0) is 13.0 Å². The molecule has 3 N–H and O–H groups in total. The molecule has 0 aromatic heterocycles. The molecule has 6 heteroatoms. The quantitative estimate of drug-likeness (QED) is 0.332. The van der Waals surface area contributed by atoms with Crippen LogP contribution in [-0.4, -0.2) is 22.1 Å². The van der Waals surface area contributed by atoms with Crippen molar-refractivity contribution in [3.05, 3.63) is 111 Å². The van der Waals surface area contributed by atoms with Crippen LogP contribution in [0.4, 0.5) is 0 Å². The summed E-state index contributed by atoms with van der Waals surface area (Å²) in [7, 11) is 0. The van der Waals surface area contributed by atoms with E-state index in [9.17, 15) is 14.7 Å². The molecule has 0 aliphatic rings. The molecule has 160 valence electrons. The van der Waals surface area contributed by atoms with E-state index in [0.29, 0.717) is 29.5 Å². The van der Waals surface area contributed by atoms with Crippen molar-refractivity contribution in [3.63, 3.8) is 0 Å². The molecule has 5 nitrogen and oxygen atoms in total. The number of rotatable bonds is 6. The molecular formula is C26H20BrNO4. The lowest BCUT2D eigenvalue weighted by molar-refractivity contribution is 0.0696. The molecule has 0 aliphatic carbocycles. The van der Waals surface area contributed by atoms with Gasteiger partial charge in [0.05, 0.1) is 5.56 Å². The SMILES string of the molecule is O=C(O)c1ccc(Cc2ccc3ccc(C(=O)NCc4ccc(Br)cc4)cc3c2O)cc1. The van der Waals surface area contributed by atoms with Gasteiger partial charge < -0.3 is 15.5 Å². The third-order valence-electron chi connectivity index (χ3n) is 5.30. The largest absolute Gasteiger partial charge is 0.507 e. The van der Waals surface area contributed by atoms with E-state index >= 15 is 0 Å². The zero-order chi connectivity index (χ0) is 22.7. The number of carbonyl (C=O) groups is 2. The van der Waals surface area contributed by atoms with Crippen molar-refractivity contribution in [2.75, 3.05) is 0 Å². The summed E-state index contributed by atoms with van der Waals surface area (Å²) in [6, 6.07) is 23.3. The number of aromatic hydroxyl groups is 1. The Morgan fingerprint density at radius 3 is 2.12 bits per heavy atom. The highest BCUT2D eigenvalue weighted by Crippen LogP contribution is 2.31. The maximum atomic E-state index is 12.7. The van der Waals surface area contributed by atoms with Crippen LogP contribution in [0.15, 0.2) is 83.3 Å². The standard InChI is InChI=1S/C26H20BrNO4/c27-22-11-3-17(4-12-22)15-28-25(30)21-10-8-18-7-9-20(24(29)23(18)14-21)13-16-1-5-19(6-2-16)26(31)32/h1-12,14,29H,13,15H2,(H,28,30)(H,31,32). The summed E-state index contributed by atoms with van der Waals surface area (Å²) in [5.41, 5.74) is 3.26. The Morgan fingerprint density at radius 1 is 0.812 bits per heavy atom. The summed E-state index contributed by atoms with van der Waals surface area (Å²) in [6.45, 7) is 0.405. The molecule has 4 rings (SSSR count). The molecule has 0 spiro atoms. The summed E-state index contributed by atoms with van der Waals surface area (Å²) in [5, 5.41) is 24.2. The van der Waals surface area contributed by atoms with E-state index in [0.717, 1.165) is 21.0 Å². The molecule has 4 aromatic rings. The number of carboxylic acid groups (broad SMARTS) is 1. The first-order valence-corrected chi connectivity index (χ1v) is 10.8. The summed E-state index contributed by atoms with van der Waals surface area (Å²) >= 11 is 3.39. The van der Waals surface area contributed by atoms with Crippen LogP contribution in [0.1, 0.15) is 37.4 Å². The topological polar surface area (TPSA) is 86.6 Å². The highest BCUT2D eigenvalue weighted by atomic mass is 79.9. The molecule has 0 heterocycles. The zero-order valence-electron chi connectivity index (χ0n) is 17.0. The molecule has 0 radical (unpaired) electrons. The summed E-state index contributed by atoms with van der Waals surface area (Å²) in [4.78, 5) is 23.7. The van der Waals surface area contributed by atoms with Gasteiger partial charge in [0, 0.05) is 28.4 Å². The molecule has 1 amide bonds. The Labute approximate surface area is 193 Å². The second-order valence-electron chi connectivity index (χ2n) is 7.50. The minimum absolute atomic E-state index is 0.118. The van der Waals surface area contributed by atoms with Crippen molar-refractivity contribution in [3.8, 4) is 5.75 Å². The van der Waals surface area contributed by atoms with Crippen molar-refractivity contribution in [2.45, 2.75) is 13.0 Å². The number of halogens is 1. The van der Waals surface area contributed by atoms with Gasteiger partial charge in [-0.2, -0.15) is 0 Å². The van der Waals surface area contributed by atoms with Gasteiger partial charge in [-0.05, 0) is 58.5 Å². The minimum atomic E-state index is -0.976. The van der Waals surface area contributed by atoms with Crippen molar-refractivity contribution in [1.82, 2.24) is 5.32 Å². The van der Waals surface area contributed by atoms with Crippen molar-refractivity contribution in [1.29, 1.82) is 0 Å². The van der Waals surface area contributed by atoms with E-state index in [1.54, 1.807) is 36.4 Å². The smallest absolute Gasteiger partial charge is 0.335 e. The second kappa shape index (κ2) is 9.24. The number of carboxylic acids is 1. The number of benzene rings is 4. The maximum absolute atomic E-state index is 12.7. The van der Waals surface area contributed by atoms with E-state index < -0.39 is 5.97 Å². The summed E-state index contributed by atoms with van der Waals surface area (Å²) in [5.74, 6) is -1.08. The van der Waals surface area contributed by atoms with Gasteiger partial charge in [0.15, 0.2) is 0 Å². The Kier molecular flexibility index (Phi) is 6.23. The number of fused-ring (bicyclic) bond motifs is 1. The minimum Gasteiger partial charge on any atom is -0.507 e. The fourth-order valence-corrected chi connectivity index (χ4v) is 3.77. The Hall–Kier alpha value is -3.64. The van der Waals surface area contributed by atoms with Crippen LogP contribution in [0.5, 0.6) is 5.75 Å². The number of phenolic OH excluding ortho intramolecular Hbond substituents is 1. The summed E-state index contributed by atoms with van der Waals surface area (Å²) in [6.07, 6.45) is 0.446. The average Bonchev–Trinajstić information content (AvgIpc) is 2.80. The monoisotopic (exact) mass is 489 g/mol. The number of hydrogen-bond donors (Lipinski definition) is 3. The lowest BCUT2D eigenvalue weighted by Gasteiger charge is -2.11. The molecule has 0 atom stereocenters. The number of hydrogen-bond acceptors (Lipinski definition) is 3. The Morgan fingerprint density at radius 2 is 1.44 bits per heavy atom. The number of carbonyl (C=O) groups excluding carboxylic acids is 1. The molecule has 0 saturated heterocycles. The van der Waals surface area contributed by atoms with Crippen LogP contribution in [0.25, 0.3) is 10.8 Å². The van der Waals surface area contributed by atoms with E-state index in [1.165, 1.54) is 0 Å². The third-order valence-corrected chi connectivity index (χ3v) is 5.83. The third kappa shape index (κ3) is 4.81. The highest BCUT2D eigenvalue weighted by Gasteiger charge is 2.12. The van der Waals surface area contributed by atoms with Crippen LogP contribution in [0.2, 0.25) is 0 Å². The van der Waals surface area contributed by atoms with E-state index in [4.69, 9.17) is 5.11 Å². The van der Waals surface area contributed by atoms with Gasteiger partial charge >= 0.3 is 5.97 Å². The number of nitrogens with one attached hydrogen (secondary N) is 1. The van der Waals surface area contributed by atoms with E-state index in [-0.39, 0.29) is 17.2 Å². The number of amides is 1. The molecular weight excluding hydrogens is 470 g/mol. The number of phenols is 1. The fraction of sp³-hybridized carbons (Fsp3) is 0.0769. The van der Waals surface area contributed by atoms with Crippen LogP contribution in [0.3, 0.4) is 0 Å². The van der Waals surface area contributed by atoms with Gasteiger partial charge in [-0.3, -0.25) is 4.79 Å². The summed E-state index contributed by atoms with van der Waals surface area (Å²) < 4.78 is 0.978. The lowest BCUT2D eigenvalue weighted by Crippen LogP contribution is -2.22. The van der Waals surface area contributed by atoms with Gasteiger partial charge in [0.25, 0.3) is 5.91 Å². The average molecular weight is 490 g/mol. The first-order chi connectivity index (χ1) is 15.4. The first kappa shape index (κ1) is 21.6. The molecule has 32 heavy (non-hydrogen) atoms. The highest BCUT2D eigenvalue weighted by molar-refractivity contribution is 9.10. The molecule has 0 aliphatic heterocycles. The zero-order valence-corrected chi connectivity index (χ0v) is 18.6. The van der Waals surface area contributed by atoms with Crippen LogP contribution >= 0.6 is 15.9 Å². The normalized spacial score (nSPS) is 10.8. The fourth-order valence-electron chi connectivity index (χ4n) is 3.50. The molecule has 4 aromatic carbocycles. The molecule has 0 bridgehead atoms. The molecule has 0 fully saturated rings. The van der Waals surface area contributed by atoms with Crippen molar-refractivity contribution < 1.29 is 19.8 Å². The molecule has 0 unspecified atom stereocenters. The predicted molar refractivity (Wildman–Crippen MR) is 127 cm³/mol. The van der Waals surface area contributed by atoms with Gasteiger partial charge in [-0.15, -0.1) is 0 Å². The van der Waals surface area contributed by atoms with Gasteiger partial charge in [0.2, 0.25) is 0 Å². The van der Waals surface area contributed by atoms with Gasteiger partial charge in [-0.25, -0.2) is 4.79 Å². The number of aromatic carboxylic acids is 1. The second-order valence-corrected chi connectivity index (χ2v) is 8.41. The van der Waals surface area contributed by atoms with Gasteiger partial charge in [-0.1, -0.05) is 58.4 Å². The van der Waals surface area contributed by atoms with Crippen LogP contribution < -0.4 is 5.32 Å². The lowest BCUT2D eigenvalue weighted by atomic mass is 9.98. The van der Waals surface area contributed by atoms with E-state index in [2.05, 4.69) is 21.2 Å². The maximum Gasteiger partial charge on any atom is 0.335 e. The molecule has 0 saturated carbocycles. The Balaban J connectivity index is 1.54. The first-order valence-electron chi connectivity index (χ1n) is 10.0. The predicted octanol–water partition coefficient (Wildman–Crippen LogP) is 5.53. The Bertz CT molecular complexity index is 1300. The van der Waals surface area contributed by atoms with Crippen molar-refractivity contribution >= 4 is 38.6 Å². The van der Waals surface area contributed by atoms with Crippen LogP contribution in [0, 0.1) is 0 Å². The van der Waals surface area contributed by atoms with Gasteiger partial charge in [0.1, 0.15) is 5.75 Å². The van der Waals surface area contributed by atoms with Crippen molar-refractivity contribution in [2.24, 2.45) is 0 Å².